The molecule has 30 heavy (non-hydrogen) atoms. The molecule has 1 atom stereocenters. The lowest BCUT2D eigenvalue weighted by molar-refractivity contribution is 0.801. The number of aryl methyl sites for hydroxylation is 1. The predicted molar refractivity (Wildman–Crippen MR) is 123 cm³/mol. The maximum Gasteiger partial charge on any atom is 0.353 e. The molecule has 1 aliphatic carbocycles. The van der Waals surface area contributed by atoms with E-state index in [4.69, 9.17) is 5.73 Å². The molecule has 5 rings (SSSR count). The molecule has 0 unspecified atom stereocenters. The molecule has 2 N–H and O–H groups in total. The second-order valence-electron chi connectivity index (χ2n) is 7.76. The number of benzene rings is 3. The van der Waals surface area contributed by atoms with E-state index in [1.807, 2.05) is 49.4 Å². The Kier molecular flexibility index (Phi) is 4.93. The van der Waals surface area contributed by atoms with Gasteiger partial charge in [0.15, 0.2) is 0 Å². The fraction of sp³-hybridized carbons (Fsp3) is 0.200. The van der Waals surface area contributed by atoms with Crippen molar-refractivity contribution in [2.24, 2.45) is 5.73 Å². The molecule has 1 heterocycles. The van der Waals surface area contributed by atoms with Crippen LogP contribution in [-0.4, -0.2) is 9.55 Å². The third kappa shape index (κ3) is 3.34. The van der Waals surface area contributed by atoms with Crippen molar-refractivity contribution in [2.45, 2.75) is 36.6 Å². The predicted octanol–water partition coefficient (Wildman–Crippen LogP) is 4.93. The Balaban J connectivity index is 1.56. The van der Waals surface area contributed by atoms with Gasteiger partial charge in [0.25, 0.3) is 0 Å². The Morgan fingerprint density at radius 2 is 1.77 bits per heavy atom. The second kappa shape index (κ2) is 7.74. The highest BCUT2D eigenvalue weighted by Crippen LogP contribution is 2.38. The van der Waals surface area contributed by atoms with Gasteiger partial charge in [-0.25, -0.2) is 4.79 Å². The van der Waals surface area contributed by atoms with Crippen LogP contribution in [0, 0.1) is 6.92 Å². The summed E-state index contributed by atoms with van der Waals surface area (Å²) in [6, 6.07) is 22.5. The summed E-state index contributed by atoms with van der Waals surface area (Å²) in [5.41, 5.74) is 11.7. The van der Waals surface area contributed by atoms with Crippen molar-refractivity contribution in [3.63, 3.8) is 0 Å². The zero-order valence-corrected chi connectivity index (χ0v) is 17.7. The Bertz CT molecular complexity index is 1290. The number of fused-ring (bicyclic) bond motifs is 2. The fourth-order valence-corrected chi connectivity index (χ4v) is 5.33. The summed E-state index contributed by atoms with van der Waals surface area (Å²) < 4.78 is 1.77. The monoisotopic (exact) mass is 413 g/mol. The van der Waals surface area contributed by atoms with Gasteiger partial charge in [0.1, 0.15) is 5.03 Å². The molecule has 4 nitrogen and oxygen atoms in total. The van der Waals surface area contributed by atoms with Gasteiger partial charge in [0, 0.05) is 11.3 Å². The number of hydrogen-bond acceptors (Lipinski definition) is 4. The van der Waals surface area contributed by atoms with Crippen LogP contribution in [0.2, 0.25) is 0 Å². The van der Waals surface area contributed by atoms with E-state index in [2.05, 4.69) is 29.2 Å². The van der Waals surface area contributed by atoms with Crippen molar-refractivity contribution >= 4 is 22.5 Å². The van der Waals surface area contributed by atoms with Crippen LogP contribution in [0.4, 0.5) is 0 Å². The van der Waals surface area contributed by atoms with E-state index >= 15 is 0 Å². The van der Waals surface area contributed by atoms with Crippen LogP contribution in [0.15, 0.2) is 76.6 Å². The highest BCUT2D eigenvalue weighted by molar-refractivity contribution is 7.99. The summed E-state index contributed by atoms with van der Waals surface area (Å²) in [6.45, 7) is 2.05. The molecule has 5 heteroatoms. The highest BCUT2D eigenvalue weighted by atomic mass is 32.2. The van der Waals surface area contributed by atoms with Gasteiger partial charge < -0.3 is 5.73 Å². The van der Waals surface area contributed by atoms with E-state index in [-0.39, 0.29) is 11.1 Å². The lowest BCUT2D eigenvalue weighted by Crippen LogP contribution is -2.26. The van der Waals surface area contributed by atoms with E-state index in [0.29, 0.717) is 0 Å². The van der Waals surface area contributed by atoms with E-state index in [1.165, 1.54) is 22.7 Å². The first-order valence-corrected chi connectivity index (χ1v) is 11.1. The van der Waals surface area contributed by atoms with Crippen molar-refractivity contribution in [2.75, 3.05) is 0 Å². The minimum Gasteiger partial charge on any atom is -0.315 e. The number of hydrogen-bond donors (Lipinski definition) is 1. The molecule has 0 bridgehead atoms. The zero-order valence-electron chi connectivity index (χ0n) is 16.8. The maximum absolute atomic E-state index is 13.0. The van der Waals surface area contributed by atoms with Gasteiger partial charge in [0.05, 0.1) is 11.1 Å². The summed E-state index contributed by atoms with van der Waals surface area (Å²) in [4.78, 5) is 17.5. The van der Waals surface area contributed by atoms with Crippen LogP contribution in [0.5, 0.6) is 0 Å². The van der Waals surface area contributed by atoms with Gasteiger partial charge in [-0.05, 0) is 54.7 Å². The molecule has 0 radical (unpaired) electrons. The lowest BCUT2D eigenvalue weighted by atomic mass is 10.0. The number of rotatable bonds is 4. The molecule has 3 aromatic carbocycles. The largest absolute Gasteiger partial charge is 0.353 e. The number of nitrogens with two attached hydrogens (primary N) is 1. The summed E-state index contributed by atoms with van der Waals surface area (Å²) >= 11 is 1.49. The molecular formula is C25H23N3OS. The van der Waals surface area contributed by atoms with Gasteiger partial charge in [0.2, 0.25) is 0 Å². The third-order valence-corrected chi connectivity index (χ3v) is 6.83. The van der Waals surface area contributed by atoms with Gasteiger partial charge in [-0.2, -0.15) is 4.98 Å². The Hall–Kier alpha value is -2.89. The van der Waals surface area contributed by atoms with Crippen molar-refractivity contribution < 1.29 is 0 Å². The normalized spacial score (nSPS) is 14.1. The molecule has 150 valence electrons. The minimum absolute atomic E-state index is 0.230. The number of nitrogens with zero attached hydrogens (tertiary/aromatic N) is 2. The average Bonchev–Trinajstić information content (AvgIpc) is 3.24. The topological polar surface area (TPSA) is 60.9 Å². The molecule has 4 aromatic rings. The molecule has 0 fully saturated rings. The Morgan fingerprint density at radius 1 is 1.00 bits per heavy atom. The van der Waals surface area contributed by atoms with Gasteiger partial charge in [-0.3, -0.25) is 4.57 Å². The number of thioether (sulfide) groups is 1. The number of aromatic nitrogens is 2. The summed E-state index contributed by atoms with van der Waals surface area (Å²) in [6.07, 6.45) is 2.85. The van der Waals surface area contributed by atoms with Gasteiger partial charge in [-0.1, -0.05) is 71.9 Å². The first-order chi connectivity index (χ1) is 14.6. The van der Waals surface area contributed by atoms with E-state index in [0.717, 1.165) is 52.2 Å². The van der Waals surface area contributed by atoms with Gasteiger partial charge >= 0.3 is 5.69 Å². The zero-order chi connectivity index (χ0) is 20.7. The van der Waals surface area contributed by atoms with Crippen LogP contribution in [0.25, 0.3) is 16.5 Å². The summed E-state index contributed by atoms with van der Waals surface area (Å²) in [7, 11) is 0. The quantitative estimate of drug-likeness (QED) is 0.293. The first-order valence-electron chi connectivity index (χ1n) is 10.2. The van der Waals surface area contributed by atoms with Crippen LogP contribution in [0.1, 0.15) is 34.2 Å². The molecule has 1 aromatic heterocycles. The Labute approximate surface area is 179 Å². The van der Waals surface area contributed by atoms with E-state index < -0.39 is 0 Å². The highest BCUT2D eigenvalue weighted by Gasteiger charge is 2.24. The van der Waals surface area contributed by atoms with Crippen molar-refractivity contribution in [3.8, 4) is 5.69 Å². The molecule has 0 spiro atoms. The first kappa shape index (κ1) is 19.1. The van der Waals surface area contributed by atoms with Crippen LogP contribution < -0.4 is 11.4 Å². The molecule has 0 saturated carbocycles. The van der Waals surface area contributed by atoms with E-state index in [1.54, 1.807) is 4.57 Å². The SMILES string of the molecule is Cc1ccc(-n2c3c(c(S[C@@H](N)c4cccc5ccccc45)nc2=O)CCC3)cc1. The molecule has 0 saturated heterocycles. The van der Waals surface area contributed by atoms with Crippen LogP contribution in [-0.2, 0) is 12.8 Å². The molecule has 1 aliphatic rings. The third-order valence-electron chi connectivity index (χ3n) is 5.77. The van der Waals surface area contributed by atoms with Crippen LogP contribution in [0.3, 0.4) is 0 Å². The fourth-order valence-electron chi connectivity index (χ4n) is 4.26. The Morgan fingerprint density at radius 3 is 2.60 bits per heavy atom. The average molecular weight is 414 g/mol. The van der Waals surface area contributed by atoms with Gasteiger partial charge in [-0.15, -0.1) is 0 Å². The standard InChI is InChI=1S/C25H23N3OS/c1-16-12-14-18(15-13-16)28-22-11-5-10-21(22)24(27-25(28)29)30-23(26)20-9-4-7-17-6-2-3-8-19(17)20/h2-4,6-9,12-15,23H,5,10-11,26H2,1H3/t23-/m1/s1. The van der Waals surface area contributed by atoms with E-state index in [9.17, 15) is 4.79 Å². The second-order valence-corrected chi connectivity index (χ2v) is 8.89. The molecule has 0 amide bonds. The molecule has 0 aliphatic heterocycles. The minimum atomic E-state index is -0.289. The van der Waals surface area contributed by atoms with Crippen molar-refractivity contribution in [1.82, 2.24) is 9.55 Å². The summed E-state index contributed by atoms with van der Waals surface area (Å²) in [5, 5.41) is 2.79. The van der Waals surface area contributed by atoms with Crippen molar-refractivity contribution in [1.29, 1.82) is 0 Å². The van der Waals surface area contributed by atoms with Crippen LogP contribution >= 0.6 is 11.8 Å². The lowest BCUT2D eigenvalue weighted by Gasteiger charge is -2.18. The summed E-state index contributed by atoms with van der Waals surface area (Å²) in [5.74, 6) is 0. The molecular weight excluding hydrogens is 390 g/mol. The maximum atomic E-state index is 13.0. The van der Waals surface area contributed by atoms with Crippen molar-refractivity contribution in [3.05, 3.63) is 99.6 Å². The smallest absolute Gasteiger partial charge is 0.315 e.